The standard InChI is InChI=1S/C22H16Cl2FNO/c23-16-8-15(9-17(24)11-16)20-3-1-2-14-10-19(12-21(14)20)26-22(27)13-4-6-18(25)7-5-13/h1-9,11,19H,10,12H2,(H,26,27). The lowest BCUT2D eigenvalue weighted by Gasteiger charge is -2.13. The summed E-state index contributed by atoms with van der Waals surface area (Å²) in [5, 5.41) is 4.23. The molecule has 0 saturated heterocycles. The van der Waals surface area contributed by atoms with E-state index in [4.69, 9.17) is 23.2 Å². The fourth-order valence-electron chi connectivity index (χ4n) is 3.60. The van der Waals surface area contributed by atoms with E-state index in [1.54, 1.807) is 6.07 Å². The van der Waals surface area contributed by atoms with Crippen molar-refractivity contribution in [1.82, 2.24) is 5.32 Å². The predicted molar refractivity (Wildman–Crippen MR) is 107 cm³/mol. The van der Waals surface area contributed by atoms with Gasteiger partial charge in [-0.2, -0.15) is 0 Å². The maximum Gasteiger partial charge on any atom is 0.251 e. The largest absolute Gasteiger partial charge is 0.349 e. The minimum atomic E-state index is -0.357. The molecular weight excluding hydrogens is 384 g/mol. The second kappa shape index (κ2) is 7.34. The van der Waals surface area contributed by atoms with Crippen molar-refractivity contribution < 1.29 is 9.18 Å². The van der Waals surface area contributed by atoms with Crippen LogP contribution < -0.4 is 5.32 Å². The fraction of sp³-hybridized carbons (Fsp3) is 0.136. The summed E-state index contributed by atoms with van der Waals surface area (Å²) in [7, 11) is 0. The molecule has 0 heterocycles. The third-order valence-corrected chi connectivity index (χ3v) is 5.24. The topological polar surface area (TPSA) is 29.1 Å². The van der Waals surface area contributed by atoms with Crippen molar-refractivity contribution in [2.75, 3.05) is 0 Å². The first-order valence-electron chi connectivity index (χ1n) is 8.63. The minimum Gasteiger partial charge on any atom is -0.349 e. The van der Waals surface area contributed by atoms with Gasteiger partial charge in [0.1, 0.15) is 5.82 Å². The first kappa shape index (κ1) is 18.0. The molecule has 0 bridgehead atoms. The molecule has 5 heteroatoms. The molecule has 2 nitrogen and oxygen atoms in total. The number of nitrogens with one attached hydrogen (secondary N) is 1. The van der Waals surface area contributed by atoms with Crippen molar-refractivity contribution in [3.63, 3.8) is 0 Å². The summed E-state index contributed by atoms with van der Waals surface area (Å²) in [5.74, 6) is -0.551. The van der Waals surface area contributed by atoms with Gasteiger partial charge in [0.25, 0.3) is 5.91 Å². The second-order valence-corrected chi connectivity index (χ2v) is 7.56. The van der Waals surface area contributed by atoms with Crippen LogP contribution in [-0.4, -0.2) is 11.9 Å². The Morgan fingerprint density at radius 1 is 0.963 bits per heavy atom. The van der Waals surface area contributed by atoms with Crippen LogP contribution in [0.25, 0.3) is 11.1 Å². The molecule has 0 aromatic heterocycles. The molecule has 0 fully saturated rings. The Balaban J connectivity index is 1.57. The Morgan fingerprint density at radius 3 is 2.37 bits per heavy atom. The van der Waals surface area contributed by atoms with E-state index < -0.39 is 0 Å². The van der Waals surface area contributed by atoms with Crippen LogP contribution in [-0.2, 0) is 12.8 Å². The van der Waals surface area contributed by atoms with Crippen molar-refractivity contribution in [3.05, 3.63) is 93.2 Å². The Hall–Kier alpha value is -2.36. The molecule has 1 aliphatic carbocycles. The monoisotopic (exact) mass is 399 g/mol. The molecule has 1 unspecified atom stereocenters. The first-order chi connectivity index (χ1) is 13.0. The number of hydrogen-bond acceptors (Lipinski definition) is 1. The fourth-order valence-corrected chi connectivity index (χ4v) is 4.13. The number of benzene rings is 3. The molecule has 1 atom stereocenters. The van der Waals surface area contributed by atoms with Gasteiger partial charge in [0.05, 0.1) is 0 Å². The Kier molecular flexibility index (Phi) is 4.90. The number of fused-ring (bicyclic) bond motifs is 1. The predicted octanol–water partition coefficient (Wildman–Crippen LogP) is 5.70. The Bertz CT molecular complexity index is 997. The van der Waals surface area contributed by atoms with Crippen LogP contribution in [0.1, 0.15) is 21.5 Å². The van der Waals surface area contributed by atoms with E-state index >= 15 is 0 Å². The molecule has 136 valence electrons. The highest BCUT2D eigenvalue weighted by Crippen LogP contribution is 2.35. The third kappa shape index (κ3) is 3.85. The Morgan fingerprint density at radius 2 is 1.67 bits per heavy atom. The van der Waals surface area contributed by atoms with Crippen LogP contribution in [0.4, 0.5) is 4.39 Å². The van der Waals surface area contributed by atoms with Crippen LogP contribution in [0.15, 0.2) is 60.7 Å². The van der Waals surface area contributed by atoms with Crippen LogP contribution in [0.5, 0.6) is 0 Å². The van der Waals surface area contributed by atoms with Gasteiger partial charge < -0.3 is 5.32 Å². The van der Waals surface area contributed by atoms with Gasteiger partial charge in [-0.25, -0.2) is 4.39 Å². The molecule has 1 aliphatic rings. The van der Waals surface area contributed by atoms with E-state index in [0.29, 0.717) is 15.6 Å². The van der Waals surface area contributed by atoms with Crippen molar-refractivity contribution >= 4 is 29.1 Å². The highest BCUT2D eigenvalue weighted by molar-refractivity contribution is 6.35. The average molecular weight is 400 g/mol. The molecule has 1 N–H and O–H groups in total. The van der Waals surface area contributed by atoms with Gasteiger partial charge in [-0.15, -0.1) is 0 Å². The number of carbonyl (C=O) groups excluding carboxylic acids is 1. The normalized spacial score (nSPS) is 15.4. The van der Waals surface area contributed by atoms with Gasteiger partial charge >= 0.3 is 0 Å². The van der Waals surface area contributed by atoms with E-state index in [0.717, 1.165) is 24.0 Å². The summed E-state index contributed by atoms with van der Waals surface area (Å²) >= 11 is 12.3. The van der Waals surface area contributed by atoms with E-state index in [1.807, 2.05) is 24.3 Å². The van der Waals surface area contributed by atoms with Gasteiger partial charge in [0.15, 0.2) is 0 Å². The lowest BCUT2D eigenvalue weighted by Crippen LogP contribution is -2.35. The maximum atomic E-state index is 13.0. The number of rotatable bonds is 3. The second-order valence-electron chi connectivity index (χ2n) is 6.69. The highest BCUT2D eigenvalue weighted by atomic mass is 35.5. The van der Waals surface area contributed by atoms with Crippen LogP contribution in [0, 0.1) is 5.82 Å². The number of carbonyl (C=O) groups is 1. The molecule has 0 spiro atoms. The molecule has 1 amide bonds. The molecule has 4 rings (SSSR count). The summed E-state index contributed by atoms with van der Waals surface area (Å²) in [6, 6.07) is 17.2. The lowest BCUT2D eigenvalue weighted by atomic mass is 9.97. The van der Waals surface area contributed by atoms with Crippen LogP contribution in [0.3, 0.4) is 0 Å². The Labute approximate surface area is 166 Å². The first-order valence-corrected chi connectivity index (χ1v) is 9.39. The molecule has 0 saturated carbocycles. The third-order valence-electron chi connectivity index (χ3n) is 4.81. The summed E-state index contributed by atoms with van der Waals surface area (Å²) in [6.07, 6.45) is 1.48. The van der Waals surface area contributed by atoms with Gasteiger partial charge in [-0.3, -0.25) is 4.79 Å². The van der Waals surface area contributed by atoms with Crippen LogP contribution >= 0.6 is 23.2 Å². The molecule has 3 aromatic carbocycles. The van der Waals surface area contributed by atoms with E-state index in [-0.39, 0.29) is 17.8 Å². The zero-order valence-electron chi connectivity index (χ0n) is 14.3. The quantitative estimate of drug-likeness (QED) is 0.601. The number of amides is 1. The lowest BCUT2D eigenvalue weighted by molar-refractivity contribution is 0.0938. The summed E-state index contributed by atoms with van der Waals surface area (Å²) in [4.78, 5) is 12.4. The van der Waals surface area contributed by atoms with Gasteiger partial charge in [0.2, 0.25) is 0 Å². The molecule has 0 aliphatic heterocycles. The van der Waals surface area contributed by atoms with Crippen molar-refractivity contribution in [1.29, 1.82) is 0 Å². The average Bonchev–Trinajstić information content (AvgIpc) is 3.03. The smallest absolute Gasteiger partial charge is 0.251 e. The van der Waals surface area contributed by atoms with Crippen molar-refractivity contribution in [2.24, 2.45) is 0 Å². The zero-order valence-corrected chi connectivity index (χ0v) is 15.8. The van der Waals surface area contributed by atoms with Crippen molar-refractivity contribution in [2.45, 2.75) is 18.9 Å². The minimum absolute atomic E-state index is 0.00615. The SMILES string of the molecule is O=C(NC1Cc2cccc(-c3cc(Cl)cc(Cl)c3)c2C1)c1ccc(F)cc1. The highest BCUT2D eigenvalue weighted by Gasteiger charge is 2.26. The van der Waals surface area contributed by atoms with E-state index in [9.17, 15) is 9.18 Å². The summed E-state index contributed by atoms with van der Waals surface area (Å²) in [6.45, 7) is 0. The zero-order chi connectivity index (χ0) is 19.0. The summed E-state index contributed by atoms with van der Waals surface area (Å²) in [5.41, 5.74) is 4.90. The number of halogens is 3. The van der Waals surface area contributed by atoms with Crippen molar-refractivity contribution in [3.8, 4) is 11.1 Å². The maximum absolute atomic E-state index is 13.0. The van der Waals surface area contributed by atoms with Gasteiger partial charge in [-0.1, -0.05) is 41.4 Å². The van der Waals surface area contributed by atoms with E-state index in [2.05, 4.69) is 11.4 Å². The molecule has 27 heavy (non-hydrogen) atoms. The van der Waals surface area contributed by atoms with Gasteiger partial charge in [-0.05, 0) is 77.6 Å². The molecular formula is C22H16Cl2FNO. The number of hydrogen-bond donors (Lipinski definition) is 1. The molecule has 3 aromatic rings. The van der Waals surface area contributed by atoms with Crippen LogP contribution in [0.2, 0.25) is 10.0 Å². The van der Waals surface area contributed by atoms with Gasteiger partial charge in [0, 0.05) is 21.7 Å². The summed E-state index contributed by atoms with van der Waals surface area (Å²) < 4.78 is 13.0. The molecule has 0 radical (unpaired) electrons. The van der Waals surface area contributed by atoms with E-state index in [1.165, 1.54) is 35.4 Å².